The SMILES string of the molecule is CNc1cccc(C(C)NS(=O)(=O)c2ccc3oc(C(=O)O)c(C)c3c2)c1. The number of furan rings is 1. The van der Waals surface area contributed by atoms with E-state index >= 15 is 0 Å². The predicted molar refractivity (Wildman–Crippen MR) is 103 cm³/mol. The Balaban J connectivity index is 1.94. The van der Waals surface area contributed by atoms with Crippen molar-refractivity contribution in [1.29, 1.82) is 0 Å². The van der Waals surface area contributed by atoms with Crippen molar-refractivity contribution in [2.45, 2.75) is 24.8 Å². The monoisotopic (exact) mass is 388 g/mol. The van der Waals surface area contributed by atoms with E-state index in [9.17, 15) is 13.2 Å². The molecule has 1 atom stereocenters. The van der Waals surface area contributed by atoms with Crippen LogP contribution in [0.25, 0.3) is 11.0 Å². The summed E-state index contributed by atoms with van der Waals surface area (Å²) in [4.78, 5) is 11.2. The Morgan fingerprint density at radius 3 is 2.59 bits per heavy atom. The van der Waals surface area contributed by atoms with Crippen LogP contribution >= 0.6 is 0 Å². The third-order valence-electron chi connectivity index (χ3n) is 4.42. The van der Waals surface area contributed by atoms with Gasteiger partial charge in [0, 0.05) is 29.7 Å². The molecule has 0 spiro atoms. The third-order valence-corrected chi connectivity index (χ3v) is 5.96. The number of aromatic carboxylic acids is 1. The highest BCUT2D eigenvalue weighted by molar-refractivity contribution is 7.89. The molecule has 2 aromatic carbocycles. The van der Waals surface area contributed by atoms with E-state index in [-0.39, 0.29) is 10.7 Å². The second kappa shape index (κ2) is 7.05. The van der Waals surface area contributed by atoms with Crippen LogP contribution in [0, 0.1) is 6.92 Å². The fourth-order valence-corrected chi connectivity index (χ4v) is 4.16. The van der Waals surface area contributed by atoms with Crippen LogP contribution in [0.1, 0.15) is 34.6 Å². The van der Waals surface area contributed by atoms with Gasteiger partial charge in [0.1, 0.15) is 5.58 Å². The molecule has 8 heteroatoms. The first-order chi connectivity index (χ1) is 12.7. The van der Waals surface area contributed by atoms with E-state index in [0.29, 0.717) is 16.5 Å². The number of carboxylic acids is 1. The summed E-state index contributed by atoms with van der Waals surface area (Å²) < 4.78 is 33.5. The summed E-state index contributed by atoms with van der Waals surface area (Å²) in [6, 6.07) is 11.3. The van der Waals surface area contributed by atoms with E-state index in [1.54, 1.807) is 20.9 Å². The lowest BCUT2D eigenvalue weighted by atomic mass is 10.1. The van der Waals surface area contributed by atoms with Crippen molar-refractivity contribution in [1.82, 2.24) is 4.72 Å². The number of rotatable bonds is 6. The molecule has 27 heavy (non-hydrogen) atoms. The van der Waals surface area contributed by atoms with Gasteiger partial charge < -0.3 is 14.8 Å². The number of fused-ring (bicyclic) bond motifs is 1. The largest absolute Gasteiger partial charge is 0.475 e. The Morgan fingerprint density at radius 1 is 1.19 bits per heavy atom. The van der Waals surface area contributed by atoms with E-state index in [4.69, 9.17) is 9.52 Å². The van der Waals surface area contributed by atoms with E-state index in [1.807, 2.05) is 24.3 Å². The Labute approximate surface area is 157 Å². The molecule has 3 rings (SSSR count). The molecular formula is C19H20N2O5S. The summed E-state index contributed by atoms with van der Waals surface area (Å²) in [6.07, 6.45) is 0. The van der Waals surface area contributed by atoms with Crippen LogP contribution in [-0.4, -0.2) is 26.5 Å². The molecule has 0 amide bonds. The maximum atomic E-state index is 12.8. The summed E-state index contributed by atoms with van der Waals surface area (Å²) in [6.45, 7) is 3.35. The normalized spacial score (nSPS) is 12.9. The van der Waals surface area contributed by atoms with Crippen molar-refractivity contribution < 1.29 is 22.7 Å². The van der Waals surface area contributed by atoms with Gasteiger partial charge in [-0.3, -0.25) is 0 Å². The number of nitrogens with one attached hydrogen (secondary N) is 2. The molecule has 0 aliphatic heterocycles. The first-order valence-corrected chi connectivity index (χ1v) is 9.77. The van der Waals surface area contributed by atoms with Crippen molar-refractivity contribution >= 4 is 32.6 Å². The van der Waals surface area contributed by atoms with Crippen molar-refractivity contribution in [2.24, 2.45) is 0 Å². The van der Waals surface area contributed by atoms with Crippen LogP contribution in [0.2, 0.25) is 0 Å². The van der Waals surface area contributed by atoms with Gasteiger partial charge in [-0.25, -0.2) is 17.9 Å². The molecule has 7 nitrogen and oxygen atoms in total. The van der Waals surface area contributed by atoms with E-state index in [2.05, 4.69) is 10.0 Å². The summed E-state index contributed by atoms with van der Waals surface area (Å²) in [7, 11) is -2.01. The smallest absolute Gasteiger partial charge is 0.372 e. The van der Waals surface area contributed by atoms with E-state index in [1.165, 1.54) is 18.2 Å². The molecule has 0 saturated heterocycles. The molecule has 1 aromatic heterocycles. The zero-order valence-electron chi connectivity index (χ0n) is 15.1. The minimum atomic E-state index is -3.81. The highest BCUT2D eigenvalue weighted by Gasteiger charge is 2.22. The number of sulfonamides is 1. The van der Waals surface area contributed by atoms with Crippen LogP contribution in [0.15, 0.2) is 51.8 Å². The number of carbonyl (C=O) groups is 1. The Hall–Kier alpha value is -2.84. The molecule has 0 fully saturated rings. The molecule has 3 N–H and O–H groups in total. The zero-order chi connectivity index (χ0) is 19.8. The molecule has 1 heterocycles. The fourth-order valence-electron chi connectivity index (χ4n) is 2.90. The minimum Gasteiger partial charge on any atom is -0.475 e. The zero-order valence-corrected chi connectivity index (χ0v) is 15.9. The number of anilines is 1. The number of aryl methyl sites for hydroxylation is 1. The summed E-state index contributed by atoms with van der Waals surface area (Å²) in [5.41, 5.74) is 2.43. The van der Waals surface area contributed by atoms with Gasteiger partial charge >= 0.3 is 5.97 Å². The van der Waals surface area contributed by atoms with Gasteiger partial charge in [-0.1, -0.05) is 12.1 Å². The van der Waals surface area contributed by atoms with Crippen LogP contribution in [0.5, 0.6) is 0 Å². The van der Waals surface area contributed by atoms with Crippen LogP contribution in [0.3, 0.4) is 0 Å². The van der Waals surface area contributed by atoms with Gasteiger partial charge in [0.15, 0.2) is 0 Å². The number of hydrogen-bond donors (Lipinski definition) is 3. The predicted octanol–water partition coefficient (Wildman–Crippen LogP) is 3.52. The molecule has 1 unspecified atom stereocenters. The van der Waals surface area contributed by atoms with Gasteiger partial charge in [-0.05, 0) is 49.7 Å². The maximum absolute atomic E-state index is 12.8. The summed E-state index contributed by atoms with van der Waals surface area (Å²) >= 11 is 0. The lowest BCUT2D eigenvalue weighted by Crippen LogP contribution is -2.26. The van der Waals surface area contributed by atoms with Gasteiger partial charge in [0.25, 0.3) is 0 Å². The Bertz CT molecular complexity index is 1120. The number of benzene rings is 2. The van der Waals surface area contributed by atoms with Crippen molar-refractivity contribution in [2.75, 3.05) is 12.4 Å². The van der Waals surface area contributed by atoms with Crippen molar-refractivity contribution in [3.63, 3.8) is 0 Å². The molecule has 0 aliphatic carbocycles. The second-order valence-electron chi connectivity index (χ2n) is 6.24. The number of carboxylic acid groups (broad SMARTS) is 1. The standard InChI is InChI=1S/C19H20N2O5S/c1-11-16-10-15(7-8-17(16)26-18(11)19(22)23)27(24,25)21-12(2)13-5-4-6-14(9-13)20-3/h4-10,12,20-21H,1-3H3,(H,22,23). The Morgan fingerprint density at radius 2 is 1.93 bits per heavy atom. The van der Waals surface area contributed by atoms with Crippen LogP contribution < -0.4 is 10.0 Å². The van der Waals surface area contributed by atoms with Crippen LogP contribution in [0.4, 0.5) is 5.69 Å². The molecule has 142 valence electrons. The van der Waals surface area contributed by atoms with Gasteiger partial charge in [-0.2, -0.15) is 0 Å². The minimum absolute atomic E-state index is 0.0486. The van der Waals surface area contributed by atoms with Gasteiger partial charge in [-0.15, -0.1) is 0 Å². The highest BCUT2D eigenvalue weighted by atomic mass is 32.2. The summed E-state index contributed by atoms with van der Waals surface area (Å²) in [5.74, 6) is -1.38. The quantitative estimate of drug-likeness (QED) is 0.596. The first kappa shape index (κ1) is 18.9. The average Bonchev–Trinajstić information content (AvgIpc) is 2.98. The topological polar surface area (TPSA) is 109 Å². The maximum Gasteiger partial charge on any atom is 0.372 e. The van der Waals surface area contributed by atoms with Crippen LogP contribution in [-0.2, 0) is 10.0 Å². The molecule has 0 saturated carbocycles. The van der Waals surface area contributed by atoms with Crippen molar-refractivity contribution in [3.05, 3.63) is 59.4 Å². The molecular weight excluding hydrogens is 368 g/mol. The number of hydrogen-bond acceptors (Lipinski definition) is 5. The molecule has 0 radical (unpaired) electrons. The molecule has 0 aliphatic rings. The molecule has 3 aromatic rings. The second-order valence-corrected chi connectivity index (χ2v) is 7.95. The lowest BCUT2D eigenvalue weighted by molar-refractivity contribution is 0.0664. The third kappa shape index (κ3) is 3.67. The summed E-state index contributed by atoms with van der Waals surface area (Å²) in [5, 5.41) is 12.6. The fraction of sp³-hybridized carbons (Fsp3) is 0.211. The first-order valence-electron chi connectivity index (χ1n) is 8.29. The van der Waals surface area contributed by atoms with E-state index in [0.717, 1.165) is 11.3 Å². The van der Waals surface area contributed by atoms with E-state index < -0.39 is 22.0 Å². The average molecular weight is 388 g/mol. The lowest BCUT2D eigenvalue weighted by Gasteiger charge is -2.16. The molecule has 0 bridgehead atoms. The highest BCUT2D eigenvalue weighted by Crippen LogP contribution is 2.28. The van der Waals surface area contributed by atoms with Gasteiger partial charge in [0.05, 0.1) is 4.90 Å². The Kier molecular flexibility index (Phi) is 4.95. The van der Waals surface area contributed by atoms with Gasteiger partial charge in [0.2, 0.25) is 15.8 Å². The van der Waals surface area contributed by atoms with Crippen molar-refractivity contribution in [3.8, 4) is 0 Å².